The van der Waals surface area contributed by atoms with Crippen molar-refractivity contribution in [3.8, 4) is 0 Å². The van der Waals surface area contributed by atoms with Crippen LogP contribution >= 0.6 is 11.3 Å². The highest BCUT2D eigenvalue weighted by Crippen LogP contribution is 2.19. The fraction of sp³-hybridized carbons (Fsp3) is 0.688. The maximum Gasteiger partial charge on any atom is 0.147 e. The van der Waals surface area contributed by atoms with Gasteiger partial charge in [-0.15, -0.1) is 21.5 Å². The molecule has 1 atom stereocenters. The van der Waals surface area contributed by atoms with Gasteiger partial charge in [-0.3, -0.25) is 4.90 Å². The lowest BCUT2D eigenvalue weighted by molar-refractivity contribution is 0.214. The van der Waals surface area contributed by atoms with E-state index < -0.39 is 0 Å². The molecule has 7 heteroatoms. The minimum Gasteiger partial charge on any atom is -0.316 e. The first-order chi connectivity index (χ1) is 11.2. The van der Waals surface area contributed by atoms with Crippen molar-refractivity contribution in [2.24, 2.45) is 5.92 Å². The number of aryl methyl sites for hydroxylation is 2. The van der Waals surface area contributed by atoms with Crippen LogP contribution in [0.3, 0.4) is 0 Å². The third-order valence-electron chi connectivity index (χ3n) is 4.58. The van der Waals surface area contributed by atoms with Gasteiger partial charge in [0.1, 0.15) is 11.6 Å². The lowest BCUT2D eigenvalue weighted by atomic mass is 10.1. The summed E-state index contributed by atoms with van der Waals surface area (Å²) in [5, 5.41) is 12.1. The average molecular weight is 334 g/mol. The van der Waals surface area contributed by atoms with Crippen molar-refractivity contribution in [2.75, 3.05) is 19.6 Å². The molecule has 0 saturated carbocycles. The summed E-state index contributed by atoms with van der Waals surface area (Å²) in [6.07, 6.45) is 1.26. The molecule has 3 heterocycles. The second-order valence-corrected chi connectivity index (χ2v) is 7.24. The van der Waals surface area contributed by atoms with E-state index in [-0.39, 0.29) is 0 Å². The van der Waals surface area contributed by atoms with Gasteiger partial charge in [-0.25, -0.2) is 4.98 Å². The minimum absolute atomic E-state index is 0.724. The van der Waals surface area contributed by atoms with Gasteiger partial charge < -0.3 is 9.88 Å². The van der Waals surface area contributed by atoms with E-state index in [2.05, 4.69) is 43.8 Å². The van der Waals surface area contributed by atoms with Crippen molar-refractivity contribution in [3.63, 3.8) is 0 Å². The Balaban J connectivity index is 1.74. The van der Waals surface area contributed by atoms with Crippen molar-refractivity contribution in [3.05, 3.63) is 27.7 Å². The Morgan fingerprint density at radius 3 is 2.87 bits per heavy atom. The van der Waals surface area contributed by atoms with E-state index in [4.69, 9.17) is 0 Å². The third-order valence-corrected chi connectivity index (χ3v) is 5.50. The monoisotopic (exact) mass is 334 g/mol. The molecule has 1 aliphatic rings. The maximum atomic E-state index is 4.40. The molecule has 1 saturated heterocycles. The van der Waals surface area contributed by atoms with Crippen LogP contribution in [0.25, 0.3) is 0 Å². The van der Waals surface area contributed by atoms with Gasteiger partial charge in [0.05, 0.1) is 17.7 Å². The van der Waals surface area contributed by atoms with Gasteiger partial charge >= 0.3 is 0 Å². The molecule has 0 amide bonds. The van der Waals surface area contributed by atoms with Gasteiger partial charge in [0.2, 0.25) is 0 Å². The van der Waals surface area contributed by atoms with E-state index in [0.29, 0.717) is 0 Å². The first-order valence-electron chi connectivity index (χ1n) is 8.38. The predicted molar refractivity (Wildman–Crippen MR) is 92.4 cm³/mol. The Morgan fingerprint density at radius 2 is 2.22 bits per heavy atom. The normalized spacial score (nSPS) is 18.2. The van der Waals surface area contributed by atoms with Crippen molar-refractivity contribution in [1.82, 2.24) is 30.0 Å². The number of hydrogen-bond acceptors (Lipinski definition) is 6. The fourth-order valence-corrected chi connectivity index (χ4v) is 4.07. The topological polar surface area (TPSA) is 58.9 Å². The molecule has 23 heavy (non-hydrogen) atoms. The first kappa shape index (κ1) is 16.5. The largest absolute Gasteiger partial charge is 0.316 e. The SMILES string of the molecule is CCn1c(C)nnc1CN(Cc1scnc1C)CC1CCNC1. The van der Waals surface area contributed by atoms with E-state index in [1.807, 2.05) is 12.4 Å². The summed E-state index contributed by atoms with van der Waals surface area (Å²) in [7, 11) is 0. The highest BCUT2D eigenvalue weighted by Gasteiger charge is 2.21. The predicted octanol–water partition coefficient (Wildman–Crippen LogP) is 1.98. The third kappa shape index (κ3) is 3.97. The summed E-state index contributed by atoms with van der Waals surface area (Å²) in [6, 6.07) is 0. The van der Waals surface area contributed by atoms with Crippen LogP contribution in [0.5, 0.6) is 0 Å². The maximum absolute atomic E-state index is 4.40. The van der Waals surface area contributed by atoms with E-state index in [0.717, 1.165) is 62.5 Å². The van der Waals surface area contributed by atoms with Crippen molar-refractivity contribution in [2.45, 2.75) is 46.8 Å². The van der Waals surface area contributed by atoms with Gasteiger partial charge in [-0.05, 0) is 46.2 Å². The van der Waals surface area contributed by atoms with E-state index in [1.54, 1.807) is 11.3 Å². The number of aromatic nitrogens is 4. The molecule has 3 rings (SSSR count). The van der Waals surface area contributed by atoms with Crippen molar-refractivity contribution >= 4 is 11.3 Å². The smallest absolute Gasteiger partial charge is 0.147 e. The minimum atomic E-state index is 0.724. The molecule has 0 radical (unpaired) electrons. The van der Waals surface area contributed by atoms with Crippen LogP contribution in [0.2, 0.25) is 0 Å². The summed E-state index contributed by atoms with van der Waals surface area (Å²) >= 11 is 1.75. The average Bonchev–Trinajstić information content (AvgIpc) is 3.24. The molecule has 0 aliphatic carbocycles. The fourth-order valence-electron chi connectivity index (χ4n) is 3.25. The van der Waals surface area contributed by atoms with Crippen LogP contribution in [-0.2, 0) is 19.6 Å². The van der Waals surface area contributed by atoms with Gasteiger partial charge in [0.25, 0.3) is 0 Å². The number of rotatable bonds is 7. The molecule has 6 nitrogen and oxygen atoms in total. The number of thiazole rings is 1. The molecule has 2 aromatic heterocycles. The van der Waals surface area contributed by atoms with Crippen molar-refractivity contribution in [1.29, 1.82) is 0 Å². The second-order valence-electron chi connectivity index (χ2n) is 6.30. The summed E-state index contributed by atoms with van der Waals surface area (Å²) < 4.78 is 2.21. The van der Waals surface area contributed by atoms with Gasteiger partial charge in [-0.1, -0.05) is 0 Å². The van der Waals surface area contributed by atoms with E-state index in [1.165, 1.54) is 11.3 Å². The zero-order valence-corrected chi connectivity index (χ0v) is 15.1. The standard InChI is InChI=1S/C16H26N6S/c1-4-22-13(3)19-20-16(22)10-21(8-14-5-6-17-7-14)9-15-12(2)18-11-23-15/h11,14,17H,4-10H2,1-3H3. The lowest BCUT2D eigenvalue weighted by Crippen LogP contribution is -2.31. The number of nitrogens with zero attached hydrogens (tertiary/aromatic N) is 5. The highest BCUT2D eigenvalue weighted by atomic mass is 32.1. The van der Waals surface area contributed by atoms with Gasteiger partial charge in [0, 0.05) is 24.5 Å². The summed E-state index contributed by atoms with van der Waals surface area (Å²) in [4.78, 5) is 8.26. The molecule has 126 valence electrons. The molecule has 1 fully saturated rings. The van der Waals surface area contributed by atoms with Crippen LogP contribution in [-0.4, -0.2) is 44.3 Å². The van der Waals surface area contributed by atoms with Crippen LogP contribution in [0.1, 0.15) is 35.6 Å². The molecule has 0 bridgehead atoms. The van der Waals surface area contributed by atoms with Gasteiger partial charge in [0.15, 0.2) is 0 Å². The Kier molecular flexibility index (Phi) is 5.40. The van der Waals surface area contributed by atoms with Gasteiger partial charge in [-0.2, -0.15) is 0 Å². The zero-order chi connectivity index (χ0) is 16.2. The number of hydrogen-bond donors (Lipinski definition) is 1. The van der Waals surface area contributed by atoms with E-state index >= 15 is 0 Å². The first-order valence-corrected chi connectivity index (χ1v) is 9.26. The molecule has 0 aromatic carbocycles. The Hall–Kier alpha value is -1.31. The molecule has 1 unspecified atom stereocenters. The van der Waals surface area contributed by atoms with E-state index in [9.17, 15) is 0 Å². The molecular formula is C16H26N6S. The quantitative estimate of drug-likeness (QED) is 0.839. The molecule has 0 spiro atoms. The summed E-state index contributed by atoms with van der Waals surface area (Å²) in [5.74, 6) is 2.79. The van der Waals surface area contributed by atoms with Crippen molar-refractivity contribution < 1.29 is 0 Å². The Labute approximate surface area is 141 Å². The van der Waals surface area contributed by atoms with Crippen LogP contribution in [0.15, 0.2) is 5.51 Å². The molecule has 1 N–H and O–H groups in total. The lowest BCUT2D eigenvalue weighted by Gasteiger charge is -2.24. The number of nitrogens with one attached hydrogen (secondary N) is 1. The van der Waals surface area contributed by atoms with Crippen LogP contribution in [0, 0.1) is 19.8 Å². The summed E-state index contributed by atoms with van der Waals surface area (Å²) in [6.45, 7) is 12.4. The van der Waals surface area contributed by atoms with Crippen LogP contribution in [0.4, 0.5) is 0 Å². The Bertz CT molecular complexity index is 628. The zero-order valence-electron chi connectivity index (χ0n) is 14.2. The molecule has 2 aromatic rings. The van der Waals surface area contributed by atoms with Crippen LogP contribution < -0.4 is 5.32 Å². The molecular weight excluding hydrogens is 308 g/mol. The Morgan fingerprint density at radius 1 is 1.35 bits per heavy atom. The highest BCUT2D eigenvalue weighted by molar-refractivity contribution is 7.09. The summed E-state index contributed by atoms with van der Waals surface area (Å²) in [5.41, 5.74) is 3.09. The molecule has 1 aliphatic heterocycles. The second kappa shape index (κ2) is 7.51.